The molecule has 0 unspecified atom stereocenters. The zero-order valence-corrected chi connectivity index (χ0v) is 9.65. The molecule has 6 heteroatoms. The van der Waals surface area contributed by atoms with E-state index in [1.165, 1.54) is 6.08 Å². The third-order valence-electron chi connectivity index (χ3n) is 1.15. The zero-order chi connectivity index (χ0) is 12.3. The number of unbranched alkanes of at least 4 members (excludes halogenated alkanes) is 1. The molecule has 0 aliphatic rings. The minimum atomic E-state index is -3.88. The van der Waals surface area contributed by atoms with Crippen molar-refractivity contribution < 1.29 is 23.9 Å². The molecule has 0 aromatic heterocycles. The van der Waals surface area contributed by atoms with Gasteiger partial charge in [0.05, 0.1) is 6.61 Å². The Kier molecular flexibility index (Phi) is 10.6. The lowest BCUT2D eigenvalue weighted by Gasteiger charge is -1.97. The molecule has 15 heavy (non-hydrogen) atoms. The van der Waals surface area contributed by atoms with E-state index in [9.17, 15) is 9.36 Å². The fourth-order valence-electron chi connectivity index (χ4n) is 0.376. The molecule has 0 saturated carbocycles. The molecule has 0 rings (SSSR count). The van der Waals surface area contributed by atoms with Crippen molar-refractivity contribution >= 4 is 13.6 Å². The van der Waals surface area contributed by atoms with Crippen molar-refractivity contribution in [2.45, 2.75) is 19.8 Å². The summed E-state index contributed by atoms with van der Waals surface area (Å²) in [5, 5.41) is 0. The van der Waals surface area contributed by atoms with Crippen LogP contribution in [0.2, 0.25) is 0 Å². The molecule has 0 atom stereocenters. The lowest BCUT2D eigenvalue weighted by Crippen LogP contribution is -2.00. The van der Waals surface area contributed by atoms with E-state index in [4.69, 9.17) is 9.79 Å². The Morgan fingerprint density at radius 2 is 1.93 bits per heavy atom. The third-order valence-corrected chi connectivity index (χ3v) is 1.62. The summed E-state index contributed by atoms with van der Waals surface area (Å²) in [5.74, 6) is 0.274. The van der Waals surface area contributed by atoms with Crippen LogP contribution in [0.15, 0.2) is 25.1 Å². The predicted octanol–water partition coefficient (Wildman–Crippen LogP) is 1.82. The van der Waals surface area contributed by atoms with Gasteiger partial charge in [0, 0.05) is 11.9 Å². The second kappa shape index (κ2) is 9.65. The van der Waals surface area contributed by atoms with Crippen molar-refractivity contribution in [2.24, 2.45) is 0 Å². The Bertz CT molecular complexity index is 243. The average Bonchev–Trinajstić information content (AvgIpc) is 2.18. The van der Waals surface area contributed by atoms with Gasteiger partial charge in [-0.25, -0.2) is 4.79 Å². The molecule has 0 amide bonds. The van der Waals surface area contributed by atoms with Crippen LogP contribution in [0, 0.1) is 0 Å². The van der Waals surface area contributed by atoms with Gasteiger partial charge in [0.1, 0.15) is 0 Å². The van der Waals surface area contributed by atoms with E-state index in [-0.39, 0.29) is 5.97 Å². The first-order valence-electron chi connectivity index (χ1n) is 4.35. The van der Waals surface area contributed by atoms with Gasteiger partial charge < -0.3 is 14.5 Å². The van der Waals surface area contributed by atoms with E-state index >= 15 is 0 Å². The summed E-state index contributed by atoms with van der Waals surface area (Å²) in [6.45, 7) is 8.69. The van der Waals surface area contributed by atoms with Gasteiger partial charge in [-0.15, -0.1) is 0 Å². The van der Waals surface area contributed by atoms with Crippen LogP contribution in [0.5, 0.6) is 0 Å². The summed E-state index contributed by atoms with van der Waals surface area (Å²) in [5.41, 5.74) is 0. The van der Waals surface area contributed by atoms with E-state index < -0.39 is 7.60 Å². The predicted molar refractivity (Wildman–Crippen MR) is 58.3 cm³/mol. The van der Waals surface area contributed by atoms with Crippen LogP contribution in [0.4, 0.5) is 0 Å². The second-order valence-corrected chi connectivity index (χ2v) is 4.04. The fourth-order valence-corrected chi connectivity index (χ4v) is 0.376. The van der Waals surface area contributed by atoms with Crippen LogP contribution in [0.25, 0.3) is 0 Å². The van der Waals surface area contributed by atoms with Crippen molar-refractivity contribution in [1.82, 2.24) is 0 Å². The molecule has 0 aromatic carbocycles. The summed E-state index contributed by atoms with van der Waals surface area (Å²) < 4.78 is 14.3. The first-order chi connectivity index (χ1) is 6.87. The SMILES string of the molecule is C=CC(=O)OCCCC.C=CP(=O)(O)O. The lowest BCUT2D eigenvalue weighted by atomic mass is 10.4. The number of rotatable bonds is 5. The molecular formula is C9H17O5P. The van der Waals surface area contributed by atoms with Gasteiger partial charge in [-0.1, -0.05) is 26.5 Å². The number of carbonyl (C=O) groups is 1. The van der Waals surface area contributed by atoms with Crippen molar-refractivity contribution in [3.63, 3.8) is 0 Å². The van der Waals surface area contributed by atoms with Crippen LogP contribution in [0.3, 0.4) is 0 Å². The molecule has 0 bridgehead atoms. The average molecular weight is 236 g/mol. The highest BCUT2D eigenvalue weighted by molar-refractivity contribution is 7.55. The van der Waals surface area contributed by atoms with Crippen molar-refractivity contribution in [1.29, 1.82) is 0 Å². The topological polar surface area (TPSA) is 83.8 Å². The largest absolute Gasteiger partial charge is 0.463 e. The normalized spacial score (nSPS) is 9.53. The second-order valence-electron chi connectivity index (χ2n) is 2.50. The highest BCUT2D eigenvalue weighted by atomic mass is 31.2. The summed E-state index contributed by atoms with van der Waals surface area (Å²) in [6, 6.07) is 0. The van der Waals surface area contributed by atoms with E-state index in [0.29, 0.717) is 12.4 Å². The van der Waals surface area contributed by atoms with Crippen LogP contribution < -0.4 is 0 Å². The van der Waals surface area contributed by atoms with Gasteiger partial charge in [0.25, 0.3) is 0 Å². The Labute approximate surface area is 89.6 Å². The maximum Gasteiger partial charge on any atom is 0.348 e. The molecule has 2 N–H and O–H groups in total. The molecule has 88 valence electrons. The van der Waals surface area contributed by atoms with Gasteiger partial charge in [0.15, 0.2) is 0 Å². The quantitative estimate of drug-likeness (QED) is 0.329. The van der Waals surface area contributed by atoms with Crippen LogP contribution >= 0.6 is 7.60 Å². The highest BCUT2D eigenvalue weighted by Crippen LogP contribution is 2.34. The minimum Gasteiger partial charge on any atom is -0.463 e. The Balaban J connectivity index is 0. The van der Waals surface area contributed by atoms with Crippen molar-refractivity contribution in [3.8, 4) is 0 Å². The number of esters is 1. The summed E-state index contributed by atoms with van der Waals surface area (Å²) in [7, 11) is -3.88. The smallest absolute Gasteiger partial charge is 0.348 e. The number of hydrogen-bond donors (Lipinski definition) is 2. The number of hydrogen-bond acceptors (Lipinski definition) is 3. The van der Waals surface area contributed by atoms with Crippen molar-refractivity contribution in [3.05, 3.63) is 25.1 Å². The zero-order valence-electron chi connectivity index (χ0n) is 8.76. The Morgan fingerprint density at radius 3 is 2.20 bits per heavy atom. The molecule has 0 aliphatic carbocycles. The van der Waals surface area contributed by atoms with Crippen molar-refractivity contribution in [2.75, 3.05) is 6.61 Å². The lowest BCUT2D eigenvalue weighted by molar-refractivity contribution is -0.137. The number of carbonyl (C=O) groups excluding carboxylic acids is 1. The molecule has 5 nitrogen and oxygen atoms in total. The van der Waals surface area contributed by atoms with Crippen LogP contribution in [-0.2, 0) is 14.1 Å². The van der Waals surface area contributed by atoms with Gasteiger partial charge in [-0.05, 0) is 6.42 Å². The molecule has 0 aliphatic heterocycles. The molecule has 0 saturated heterocycles. The van der Waals surface area contributed by atoms with E-state index in [2.05, 4.69) is 17.9 Å². The monoisotopic (exact) mass is 236 g/mol. The van der Waals surface area contributed by atoms with Crippen LogP contribution in [-0.4, -0.2) is 22.4 Å². The van der Waals surface area contributed by atoms with E-state index in [1.54, 1.807) is 0 Å². The third kappa shape index (κ3) is 19.5. The molecule has 0 heterocycles. The molecule has 0 fully saturated rings. The summed E-state index contributed by atoms with van der Waals surface area (Å²) >= 11 is 0. The Morgan fingerprint density at radius 1 is 1.47 bits per heavy atom. The summed E-state index contributed by atoms with van der Waals surface area (Å²) in [4.78, 5) is 26.0. The van der Waals surface area contributed by atoms with Crippen LogP contribution in [0.1, 0.15) is 19.8 Å². The van der Waals surface area contributed by atoms with E-state index in [0.717, 1.165) is 12.8 Å². The van der Waals surface area contributed by atoms with Gasteiger partial charge >= 0.3 is 13.6 Å². The maximum atomic E-state index is 10.3. The molecule has 0 aromatic rings. The fraction of sp³-hybridized carbons (Fsp3) is 0.444. The van der Waals surface area contributed by atoms with Gasteiger partial charge in [-0.2, -0.15) is 0 Å². The van der Waals surface area contributed by atoms with Gasteiger partial charge in [0.2, 0.25) is 0 Å². The highest BCUT2D eigenvalue weighted by Gasteiger charge is 2.01. The first-order valence-corrected chi connectivity index (χ1v) is 6.03. The molecular weight excluding hydrogens is 219 g/mol. The van der Waals surface area contributed by atoms with E-state index in [1.807, 2.05) is 6.92 Å². The Hall–Kier alpha value is -0.900. The standard InChI is InChI=1S/C7H12O2.C2H5O3P/c1-3-5-6-9-7(8)4-2;1-2-6(3,4)5/h4H,2-3,5-6H2,1H3;2H,1H2,(H2,3,4,5). The number of ether oxygens (including phenoxy) is 1. The summed E-state index contributed by atoms with van der Waals surface area (Å²) in [6.07, 6.45) is 3.15. The minimum absolute atomic E-state index is 0.330. The first kappa shape index (κ1) is 16.5. The molecule has 0 radical (unpaired) electrons. The molecule has 0 spiro atoms. The van der Waals surface area contributed by atoms with Gasteiger partial charge in [-0.3, -0.25) is 4.57 Å². The maximum absolute atomic E-state index is 10.3.